The van der Waals surface area contributed by atoms with Crippen molar-refractivity contribution in [3.8, 4) is 0 Å². The zero-order valence-electron chi connectivity index (χ0n) is 11.8. The Hall–Kier alpha value is -2.37. The molecule has 0 saturated heterocycles. The van der Waals surface area contributed by atoms with E-state index in [1.54, 1.807) is 29.6 Å². The third-order valence-electron chi connectivity index (χ3n) is 3.75. The number of rotatable bonds is 3. The van der Waals surface area contributed by atoms with Gasteiger partial charge in [-0.3, -0.25) is 4.79 Å². The van der Waals surface area contributed by atoms with Gasteiger partial charge in [-0.25, -0.2) is 9.18 Å². The van der Waals surface area contributed by atoms with Crippen molar-refractivity contribution in [1.29, 1.82) is 0 Å². The number of aromatic nitrogens is 1. The highest BCUT2D eigenvalue weighted by atomic mass is 19.1. The Bertz CT molecular complexity index is 807. The maximum absolute atomic E-state index is 14.1. The minimum atomic E-state index is -1.28. The first-order valence-corrected chi connectivity index (χ1v) is 6.69. The molecular weight excluding hydrogens is 275 g/mol. The minimum absolute atomic E-state index is 0.116. The molecule has 0 bridgehead atoms. The molecule has 0 aliphatic heterocycles. The lowest BCUT2D eigenvalue weighted by atomic mass is 10.1. The number of halogens is 1. The number of carboxylic acids is 1. The molecule has 1 aliphatic rings. The molecule has 0 amide bonds. The molecule has 0 unspecified atom stereocenters. The molecule has 0 atom stereocenters. The number of anilines is 1. The van der Waals surface area contributed by atoms with E-state index >= 15 is 0 Å². The third kappa shape index (κ3) is 2.16. The SMILES string of the molecule is CN(C)c1cc2c(cc1F)c(=O)c(C(=O)O)cn2C1CC1. The van der Waals surface area contributed by atoms with Crippen molar-refractivity contribution in [2.75, 3.05) is 19.0 Å². The molecule has 1 aliphatic carbocycles. The molecule has 1 N–H and O–H groups in total. The summed E-state index contributed by atoms with van der Waals surface area (Å²) in [7, 11) is 3.44. The van der Waals surface area contributed by atoms with Crippen LogP contribution in [0.1, 0.15) is 29.2 Å². The monoisotopic (exact) mass is 290 g/mol. The average molecular weight is 290 g/mol. The highest BCUT2D eigenvalue weighted by molar-refractivity contribution is 5.93. The number of hydrogen-bond acceptors (Lipinski definition) is 3. The van der Waals surface area contributed by atoms with Crippen molar-refractivity contribution in [3.63, 3.8) is 0 Å². The maximum atomic E-state index is 14.1. The zero-order chi connectivity index (χ0) is 15.3. The highest BCUT2D eigenvalue weighted by Gasteiger charge is 2.27. The van der Waals surface area contributed by atoms with Gasteiger partial charge in [-0.05, 0) is 25.0 Å². The summed E-state index contributed by atoms with van der Waals surface area (Å²) < 4.78 is 15.9. The van der Waals surface area contributed by atoms with E-state index in [0.717, 1.165) is 18.9 Å². The molecule has 21 heavy (non-hydrogen) atoms. The van der Waals surface area contributed by atoms with Crippen LogP contribution in [0.2, 0.25) is 0 Å². The summed E-state index contributed by atoms with van der Waals surface area (Å²) in [5.74, 6) is -1.82. The van der Waals surface area contributed by atoms with E-state index < -0.39 is 17.2 Å². The number of aromatic carboxylic acids is 1. The number of fused-ring (bicyclic) bond motifs is 1. The quantitative estimate of drug-likeness (QED) is 0.941. The highest BCUT2D eigenvalue weighted by Crippen LogP contribution is 2.37. The van der Waals surface area contributed by atoms with Crippen LogP contribution >= 0.6 is 0 Å². The Labute approximate surface area is 120 Å². The predicted molar refractivity (Wildman–Crippen MR) is 77.7 cm³/mol. The Kier molecular flexibility index (Phi) is 2.97. The molecule has 0 spiro atoms. The second kappa shape index (κ2) is 4.58. The van der Waals surface area contributed by atoms with E-state index in [0.29, 0.717) is 11.2 Å². The van der Waals surface area contributed by atoms with E-state index in [2.05, 4.69) is 0 Å². The van der Waals surface area contributed by atoms with Crippen LogP contribution in [0.5, 0.6) is 0 Å². The van der Waals surface area contributed by atoms with Crippen LogP contribution in [0.4, 0.5) is 10.1 Å². The van der Waals surface area contributed by atoms with Crippen molar-refractivity contribution < 1.29 is 14.3 Å². The molecule has 2 aromatic rings. The van der Waals surface area contributed by atoms with Crippen LogP contribution in [0, 0.1) is 5.82 Å². The number of pyridine rings is 1. The summed E-state index contributed by atoms with van der Waals surface area (Å²) in [5, 5.41) is 9.26. The number of carbonyl (C=O) groups is 1. The fourth-order valence-corrected chi connectivity index (χ4v) is 2.51. The lowest BCUT2D eigenvalue weighted by Crippen LogP contribution is -2.20. The van der Waals surface area contributed by atoms with Gasteiger partial charge in [-0.2, -0.15) is 0 Å². The Morgan fingerprint density at radius 3 is 2.57 bits per heavy atom. The van der Waals surface area contributed by atoms with E-state index in [-0.39, 0.29) is 17.0 Å². The average Bonchev–Trinajstić information content (AvgIpc) is 3.22. The van der Waals surface area contributed by atoms with Crippen molar-refractivity contribution in [2.24, 2.45) is 0 Å². The first-order valence-electron chi connectivity index (χ1n) is 6.69. The Morgan fingerprint density at radius 1 is 1.38 bits per heavy atom. The summed E-state index contributed by atoms with van der Waals surface area (Å²) in [5.41, 5.74) is 0.00184. The van der Waals surface area contributed by atoms with Gasteiger partial charge in [0.15, 0.2) is 0 Å². The van der Waals surface area contributed by atoms with Crippen molar-refractivity contribution >= 4 is 22.6 Å². The molecule has 3 rings (SSSR count). The van der Waals surface area contributed by atoms with E-state index in [1.807, 2.05) is 0 Å². The fourth-order valence-electron chi connectivity index (χ4n) is 2.51. The van der Waals surface area contributed by atoms with Gasteiger partial charge < -0.3 is 14.6 Å². The molecule has 5 nitrogen and oxygen atoms in total. The summed E-state index contributed by atoms with van der Waals surface area (Å²) in [6.07, 6.45) is 3.25. The van der Waals surface area contributed by atoms with E-state index in [1.165, 1.54) is 6.20 Å². The zero-order valence-corrected chi connectivity index (χ0v) is 11.8. The fraction of sp³-hybridized carbons (Fsp3) is 0.333. The molecule has 110 valence electrons. The normalized spacial score (nSPS) is 14.4. The third-order valence-corrected chi connectivity index (χ3v) is 3.75. The van der Waals surface area contributed by atoms with Gasteiger partial charge >= 0.3 is 5.97 Å². The maximum Gasteiger partial charge on any atom is 0.341 e. The summed E-state index contributed by atoms with van der Waals surface area (Å²) in [6.45, 7) is 0. The van der Waals surface area contributed by atoms with Gasteiger partial charge in [0, 0.05) is 31.7 Å². The summed E-state index contributed by atoms with van der Waals surface area (Å²) in [6, 6.07) is 2.93. The van der Waals surface area contributed by atoms with Gasteiger partial charge in [-0.1, -0.05) is 0 Å². The molecule has 1 aromatic heterocycles. The van der Waals surface area contributed by atoms with Crippen LogP contribution in [0.3, 0.4) is 0 Å². The Morgan fingerprint density at radius 2 is 2.05 bits per heavy atom. The van der Waals surface area contributed by atoms with Crippen LogP contribution < -0.4 is 10.3 Å². The predicted octanol–water partition coefficient (Wildman–Crippen LogP) is 2.24. The van der Waals surface area contributed by atoms with Crippen LogP contribution in [-0.2, 0) is 0 Å². The standard InChI is InChI=1S/C15H15FN2O3/c1-17(2)13-6-12-9(5-11(13)16)14(19)10(15(20)21)7-18(12)8-3-4-8/h5-8H,3-4H2,1-2H3,(H,20,21). The van der Waals surface area contributed by atoms with E-state index in [9.17, 15) is 14.0 Å². The van der Waals surface area contributed by atoms with Crippen molar-refractivity contribution in [3.05, 3.63) is 39.9 Å². The first kappa shape index (κ1) is 13.6. The molecule has 1 saturated carbocycles. The summed E-state index contributed by atoms with van der Waals surface area (Å²) >= 11 is 0. The van der Waals surface area contributed by atoms with Crippen LogP contribution in [-0.4, -0.2) is 29.7 Å². The summed E-state index contributed by atoms with van der Waals surface area (Å²) in [4.78, 5) is 25.1. The van der Waals surface area contributed by atoms with E-state index in [4.69, 9.17) is 5.11 Å². The van der Waals surface area contributed by atoms with Gasteiger partial charge in [0.25, 0.3) is 0 Å². The van der Waals surface area contributed by atoms with Gasteiger partial charge in [-0.15, -0.1) is 0 Å². The number of carboxylic acid groups (broad SMARTS) is 1. The van der Waals surface area contributed by atoms with Gasteiger partial charge in [0.1, 0.15) is 11.4 Å². The number of nitrogens with zero attached hydrogens (tertiary/aromatic N) is 2. The molecule has 1 heterocycles. The molecule has 1 aromatic carbocycles. The first-order chi connectivity index (χ1) is 9.90. The number of benzene rings is 1. The molecule has 6 heteroatoms. The smallest absolute Gasteiger partial charge is 0.341 e. The van der Waals surface area contributed by atoms with Gasteiger partial charge in [0.05, 0.1) is 11.2 Å². The lowest BCUT2D eigenvalue weighted by molar-refractivity contribution is 0.0695. The number of hydrogen-bond donors (Lipinski definition) is 1. The van der Waals surface area contributed by atoms with Crippen LogP contribution in [0.15, 0.2) is 23.1 Å². The van der Waals surface area contributed by atoms with Crippen molar-refractivity contribution in [1.82, 2.24) is 4.57 Å². The topological polar surface area (TPSA) is 62.5 Å². The molecular formula is C15H15FN2O3. The Balaban J connectivity index is 2.41. The van der Waals surface area contributed by atoms with Gasteiger partial charge in [0.2, 0.25) is 5.43 Å². The minimum Gasteiger partial charge on any atom is -0.477 e. The second-order valence-corrected chi connectivity index (χ2v) is 5.53. The van der Waals surface area contributed by atoms with Crippen molar-refractivity contribution in [2.45, 2.75) is 18.9 Å². The molecule has 0 radical (unpaired) electrons. The lowest BCUT2D eigenvalue weighted by Gasteiger charge is -2.17. The van der Waals surface area contributed by atoms with Crippen LogP contribution in [0.25, 0.3) is 10.9 Å². The second-order valence-electron chi connectivity index (χ2n) is 5.53. The largest absolute Gasteiger partial charge is 0.477 e. The molecule has 1 fully saturated rings.